The lowest BCUT2D eigenvalue weighted by Gasteiger charge is -2.11. The van der Waals surface area contributed by atoms with Crippen molar-refractivity contribution in [3.05, 3.63) is 64.7 Å². The van der Waals surface area contributed by atoms with Gasteiger partial charge in [-0.1, -0.05) is 30.3 Å². The molecule has 1 amide bonds. The number of aryl methyl sites for hydroxylation is 2. The van der Waals surface area contributed by atoms with Crippen LogP contribution in [0.5, 0.6) is 0 Å². The fraction of sp³-hybridized carbons (Fsp3) is 0.188. The Morgan fingerprint density at radius 1 is 1.05 bits per heavy atom. The van der Waals surface area contributed by atoms with Crippen LogP contribution in [-0.4, -0.2) is 5.91 Å². The lowest BCUT2D eigenvalue weighted by molar-refractivity contribution is 0.102. The van der Waals surface area contributed by atoms with Crippen molar-refractivity contribution in [2.24, 2.45) is 5.73 Å². The molecule has 0 spiro atoms. The molecule has 106 valence electrons. The number of amides is 1. The number of nitrogens with one attached hydrogen (secondary N) is 1. The summed E-state index contributed by atoms with van der Waals surface area (Å²) in [5.41, 5.74) is 10.2. The number of benzene rings is 2. The largest absolute Gasteiger partial charge is 0.326 e. The van der Waals surface area contributed by atoms with Crippen LogP contribution >= 0.6 is 12.4 Å². The predicted octanol–water partition coefficient (Wildman–Crippen LogP) is 3.44. The van der Waals surface area contributed by atoms with E-state index in [1.807, 2.05) is 44.2 Å². The standard InChI is InChI=1S/C16H18N2O.ClH/c1-11-4-3-5-12(2)15(11)18-16(19)14-8-6-13(10-17)7-9-14;/h3-9H,10,17H2,1-2H3,(H,18,19);1H. The summed E-state index contributed by atoms with van der Waals surface area (Å²) in [7, 11) is 0. The molecule has 0 fully saturated rings. The molecule has 0 radical (unpaired) electrons. The minimum atomic E-state index is -0.0963. The van der Waals surface area contributed by atoms with Gasteiger partial charge in [0.1, 0.15) is 0 Å². The van der Waals surface area contributed by atoms with Gasteiger partial charge in [-0.25, -0.2) is 0 Å². The molecule has 3 nitrogen and oxygen atoms in total. The molecule has 0 aliphatic heterocycles. The van der Waals surface area contributed by atoms with Crippen molar-refractivity contribution in [1.29, 1.82) is 0 Å². The Bertz CT molecular complexity index is 574. The molecule has 0 saturated carbocycles. The smallest absolute Gasteiger partial charge is 0.255 e. The first-order valence-corrected chi connectivity index (χ1v) is 6.28. The lowest BCUT2D eigenvalue weighted by atomic mass is 10.1. The molecule has 0 aliphatic carbocycles. The van der Waals surface area contributed by atoms with Crippen molar-refractivity contribution in [3.8, 4) is 0 Å². The second-order valence-corrected chi connectivity index (χ2v) is 4.62. The molecule has 3 N–H and O–H groups in total. The predicted molar refractivity (Wildman–Crippen MR) is 85.5 cm³/mol. The molecular formula is C16H19ClN2O. The third-order valence-corrected chi connectivity index (χ3v) is 3.17. The zero-order valence-electron chi connectivity index (χ0n) is 11.6. The summed E-state index contributed by atoms with van der Waals surface area (Å²) >= 11 is 0. The normalized spacial score (nSPS) is 9.75. The monoisotopic (exact) mass is 290 g/mol. The van der Waals surface area contributed by atoms with Crippen molar-refractivity contribution >= 4 is 24.0 Å². The lowest BCUT2D eigenvalue weighted by Crippen LogP contribution is -2.13. The highest BCUT2D eigenvalue weighted by molar-refractivity contribution is 6.05. The Morgan fingerprint density at radius 2 is 1.60 bits per heavy atom. The van der Waals surface area contributed by atoms with Gasteiger partial charge in [-0.3, -0.25) is 4.79 Å². The van der Waals surface area contributed by atoms with E-state index in [2.05, 4.69) is 5.32 Å². The Hall–Kier alpha value is -1.84. The summed E-state index contributed by atoms with van der Waals surface area (Å²) in [5, 5.41) is 2.96. The molecule has 2 aromatic rings. The topological polar surface area (TPSA) is 55.1 Å². The van der Waals surface area contributed by atoms with E-state index in [0.717, 1.165) is 22.4 Å². The Balaban J connectivity index is 0.00000200. The van der Waals surface area contributed by atoms with Gasteiger partial charge in [-0.15, -0.1) is 12.4 Å². The highest BCUT2D eigenvalue weighted by atomic mass is 35.5. The van der Waals surface area contributed by atoms with Gasteiger partial charge in [0.25, 0.3) is 5.91 Å². The van der Waals surface area contributed by atoms with E-state index in [9.17, 15) is 4.79 Å². The zero-order chi connectivity index (χ0) is 13.8. The Kier molecular flexibility index (Phi) is 5.74. The Labute approximate surface area is 125 Å². The number of nitrogens with two attached hydrogens (primary N) is 1. The van der Waals surface area contributed by atoms with Crippen molar-refractivity contribution in [1.82, 2.24) is 0 Å². The number of anilines is 1. The number of para-hydroxylation sites is 1. The molecule has 0 heterocycles. The van der Waals surface area contributed by atoms with E-state index in [1.165, 1.54) is 0 Å². The van der Waals surface area contributed by atoms with Crippen LogP contribution in [0.2, 0.25) is 0 Å². The third-order valence-electron chi connectivity index (χ3n) is 3.17. The van der Waals surface area contributed by atoms with Gasteiger partial charge in [0.2, 0.25) is 0 Å². The summed E-state index contributed by atoms with van der Waals surface area (Å²) in [6, 6.07) is 13.3. The number of carbonyl (C=O) groups excluding carboxylic acids is 1. The van der Waals surface area contributed by atoms with Gasteiger partial charge < -0.3 is 11.1 Å². The highest BCUT2D eigenvalue weighted by Gasteiger charge is 2.09. The maximum absolute atomic E-state index is 12.2. The second-order valence-electron chi connectivity index (χ2n) is 4.62. The van der Waals surface area contributed by atoms with Crippen molar-refractivity contribution < 1.29 is 4.79 Å². The Morgan fingerprint density at radius 3 is 2.10 bits per heavy atom. The minimum Gasteiger partial charge on any atom is -0.326 e. The van der Waals surface area contributed by atoms with Crippen LogP contribution in [0, 0.1) is 13.8 Å². The fourth-order valence-corrected chi connectivity index (χ4v) is 1.99. The van der Waals surface area contributed by atoms with Crippen molar-refractivity contribution in [3.63, 3.8) is 0 Å². The number of carbonyl (C=O) groups is 1. The van der Waals surface area contributed by atoms with E-state index < -0.39 is 0 Å². The van der Waals surface area contributed by atoms with Crippen LogP contribution in [0.15, 0.2) is 42.5 Å². The van der Waals surface area contributed by atoms with Crippen molar-refractivity contribution in [2.75, 3.05) is 5.32 Å². The quantitative estimate of drug-likeness (QED) is 0.910. The van der Waals surface area contributed by atoms with Crippen LogP contribution in [0.4, 0.5) is 5.69 Å². The van der Waals surface area contributed by atoms with Gasteiger partial charge in [0, 0.05) is 17.8 Å². The number of halogens is 1. The van der Waals surface area contributed by atoms with Crippen LogP contribution < -0.4 is 11.1 Å². The summed E-state index contributed by atoms with van der Waals surface area (Å²) in [5.74, 6) is -0.0963. The molecule has 0 atom stereocenters. The maximum Gasteiger partial charge on any atom is 0.255 e. The first-order chi connectivity index (χ1) is 9.11. The second kappa shape index (κ2) is 7.08. The average molecular weight is 291 g/mol. The maximum atomic E-state index is 12.2. The van der Waals surface area contributed by atoms with Gasteiger partial charge in [0.15, 0.2) is 0 Å². The molecule has 20 heavy (non-hydrogen) atoms. The van der Waals surface area contributed by atoms with Crippen LogP contribution in [0.25, 0.3) is 0 Å². The minimum absolute atomic E-state index is 0. The fourth-order valence-electron chi connectivity index (χ4n) is 1.99. The van der Waals surface area contributed by atoms with Crippen LogP contribution in [-0.2, 0) is 6.54 Å². The number of hydrogen-bond donors (Lipinski definition) is 2. The van der Waals surface area contributed by atoms with Gasteiger partial charge in [-0.05, 0) is 42.7 Å². The molecule has 0 bridgehead atoms. The van der Waals surface area contributed by atoms with Gasteiger partial charge in [0.05, 0.1) is 0 Å². The molecular weight excluding hydrogens is 272 g/mol. The van der Waals surface area contributed by atoms with Crippen molar-refractivity contribution in [2.45, 2.75) is 20.4 Å². The van der Waals surface area contributed by atoms with Gasteiger partial charge in [-0.2, -0.15) is 0 Å². The van der Waals surface area contributed by atoms with Gasteiger partial charge >= 0.3 is 0 Å². The third kappa shape index (κ3) is 3.59. The number of hydrogen-bond acceptors (Lipinski definition) is 2. The molecule has 0 aliphatic rings. The van der Waals surface area contributed by atoms with E-state index >= 15 is 0 Å². The summed E-state index contributed by atoms with van der Waals surface area (Å²) in [4.78, 5) is 12.2. The SMILES string of the molecule is Cc1cccc(C)c1NC(=O)c1ccc(CN)cc1.Cl. The molecule has 2 aromatic carbocycles. The molecule has 0 unspecified atom stereocenters. The molecule has 2 rings (SSSR count). The van der Waals surface area contributed by atoms with Crippen LogP contribution in [0.3, 0.4) is 0 Å². The van der Waals surface area contributed by atoms with Crippen LogP contribution in [0.1, 0.15) is 27.0 Å². The molecule has 0 aromatic heterocycles. The van der Waals surface area contributed by atoms with E-state index in [0.29, 0.717) is 12.1 Å². The summed E-state index contributed by atoms with van der Waals surface area (Å²) < 4.78 is 0. The van der Waals surface area contributed by atoms with E-state index in [4.69, 9.17) is 5.73 Å². The highest BCUT2D eigenvalue weighted by Crippen LogP contribution is 2.20. The summed E-state index contributed by atoms with van der Waals surface area (Å²) in [6.45, 7) is 4.46. The van der Waals surface area contributed by atoms with E-state index in [1.54, 1.807) is 12.1 Å². The first kappa shape index (κ1) is 16.2. The zero-order valence-corrected chi connectivity index (χ0v) is 12.5. The average Bonchev–Trinajstić information content (AvgIpc) is 2.43. The molecule has 4 heteroatoms. The van der Waals surface area contributed by atoms with E-state index in [-0.39, 0.29) is 18.3 Å². The first-order valence-electron chi connectivity index (χ1n) is 6.28. The number of rotatable bonds is 3. The molecule has 0 saturated heterocycles. The summed E-state index contributed by atoms with van der Waals surface area (Å²) in [6.07, 6.45) is 0.